The molecule has 0 aromatic carbocycles. The molecule has 0 atom stereocenters. The summed E-state index contributed by atoms with van der Waals surface area (Å²) in [5.41, 5.74) is 1.79. The van der Waals surface area contributed by atoms with E-state index in [1.807, 2.05) is 5.38 Å². The molecule has 0 aliphatic carbocycles. The summed E-state index contributed by atoms with van der Waals surface area (Å²) >= 11 is 4.95. The summed E-state index contributed by atoms with van der Waals surface area (Å²) in [6.45, 7) is 2.21. The summed E-state index contributed by atoms with van der Waals surface area (Å²) in [4.78, 5) is 3.74. The summed E-state index contributed by atoms with van der Waals surface area (Å²) < 4.78 is 0. The van der Waals surface area contributed by atoms with E-state index in [4.69, 9.17) is 0 Å². The standard InChI is InChI=1S/C5H11Br.C3H3NS/c1-2-3-4-5-6;1-2-5-3-4-1/h2-5H2,1H3;1-3H. The number of alkyl halides is 1. The minimum absolute atomic E-state index is 1.17. The highest BCUT2D eigenvalue weighted by Gasteiger charge is 1.76. The molecule has 0 bridgehead atoms. The first-order valence-corrected chi connectivity index (χ1v) is 5.86. The number of halogens is 1. The maximum absolute atomic E-state index is 3.74. The summed E-state index contributed by atoms with van der Waals surface area (Å²) in [6.07, 6.45) is 5.79. The largest absolute Gasteiger partial charge is 0.253 e. The number of unbranched alkanes of at least 4 members (excludes halogenated alkanes) is 2. The maximum atomic E-state index is 3.74. The Kier molecular flexibility index (Phi) is 10.2. The van der Waals surface area contributed by atoms with Gasteiger partial charge in [0.05, 0.1) is 5.51 Å². The maximum Gasteiger partial charge on any atom is 0.0791 e. The molecule has 1 heterocycles. The Balaban J connectivity index is 0.000000183. The van der Waals surface area contributed by atoms with E-state index in [1.165, 1.54) is 24.6 Å². The third kappa shape index (κ3) is 10.1. The average Bonchev–Trinajstić information content (AvgIpc) is 2.57. The molecule has 0 unspecified atom stereocenters. The van der Waals surface area contributed by atoms with E-state index in [-0.39, 0.29) is 0 Å². The summed E-state index contributed by atoms with van der Waals surface area (Å²) in [6, 6.07) is 0. The number of hydrogen-bond acceptors (Lipinski definition) is 2. The Bertz CT molecular complexity index is 109. The average molecular weight is 236 g/mol. The Hall–Kier alpha value is 0.110. The van der Waals surface area contributed by atoms with Gasteiger partial charge < -0.3 is 0 Å². The number of hydrogen-bond donors (Lipinski definition) is 0. The minimum atomic E-state index is 1.17. The SMILES string of the molecule is CCCCCBr.c1cscn1. The molecule has 0 radical (unpaired) electrons. The van der Waals surface area contributed by atoms with Crippen molar-refractivity contribution in [2.75, 3.05) is 5.33 Å². The first kappa shape index (κ1) is 11.1. The van der Waals surface area contributed by atoms with Crippen LogP contribution in [-0.4, -0.2) is 10.3 Å². The molecule has 64 valence electrons. The Morgan fingerprint density at radius 1 is 1.45 bits per heavy atom. The molecule has 0 N–H and O–H groups in total. The van der Waals surface area contributed by atoms with E-state index < -0.39 is 0 Å². The van der Waals surface area contributed by atoms with Crippen LogP contribution in [0, 0.1) is 0 Å². The van der Waals surface area contributed by atoms with Crippen LogP contribution >= 0.6 is 27.3 Å². The van der Waals surface area contributed by atoms with Gasteiger partial charge in [-0.25, -0.2) is 0 Å². The number of rotatable bonds is 3. The molecule has 0 fully saturated rings. The lowest BCUT2D eigenvalue weighted by Crippen LogP contribution is -1.70. The molecule has 0 spiro atoms. The number of nitrogens with zero attached hydrogens (tertiary/aromatic N) is 1. The van der Waals surface area contributed by atoms with Gasteiger partial charge in [0, 0.05) is 16.9 Å². The van der Waals surface area contributed by atoms with Crippen molar-refractivity contribution < 1.29 is 0 Å². The van der Waals surface area contributed by atoms with Crippen molar-refractivity contribution in [2.24, 2.45) is 0 Å². The van der Waals surface area contributed by atoms with E-state index in [9.17, 15) is 0 Å². The first-order chi connectivity index (χ1) is 5.41. The van der Waals surface area contributed by atoms with E-state index in [2.05, 4.69) is 27.8 Å². The molecule has 1 nitrogen and oxygen atoms in total. The molecule has 1 aromatic heterocycles. The van der Waals surface area contributed by atoms with Gasteiger partial charge in [-0.05, 0) is 6.42 Å². The zero-order chi connectivity index (χ0) is 8.36. The second-order valence-corrected chi connectivity index (χ2v) is 3.62. The molecule has 0 aliphatic rings. The smallest absolute Gasteiger partial charge is 0.0791 e. The molecule has 11 heavy (non-hydrogen) atoms. The van der Waals surface area contributed by atoms with Crippen molar-refractivity contribution in [3.8, 4) is 0 Å². The van der Waals surface area contributed by atoms with E-state index >= 15 is 0 Å². The Morgan fingerprint density at radius 3 is 2.45 bits per heavy atom. The second-order valence-electron chi connectivity index (χ2n) is 2.07. The highest BCUT2D eigenvalue weighted by Crippen LogP contribution is 1.95. The summed E-state index contributed by atoms with van der Waals surface area (Å²) in [5.74, 6) is 0. The highest BCUT2D eigenvalue weighted by atomic mass is 79.9. The third-order valence-electron chi connectivity index (χ3n) is 1.08. The van der Waals surface area contributed by atoms with Crippen LogP contribution in [0.25, 0.3) is 0 Å². The predicted molar refractivity (Wildman–Crippen MR) is 55.4 cm³/mol. The summed E-state index contributed by atoms with van der Waals surface area (Å²) in [5, 5.41) is 3.10. The van der Waals surface area contributed by atoms with Crippen molar-refractivity contribution in [2.45, 2.75) is 26.2 Å². The van der Waals surface area contributed by atoms with E-state index in [0.29, 0.717) is 0 Å². The fourth-order valence-corrected chi connectivity index (χ4v) is 1.27. The van der Waals surface area contributed by atoms with Crippen LogP contribution in [0.5, 0.6) is 0 Å². The van der Waals surface area contributed by atoms with Crippen LogP contribution in [0.3, 0.4) is 0 Å². The van der Waals surface area contributed by atoms with Crippen molar-refractivity contribution in [1.82, 2.24) is 4.98 Å². The predicted octanol–water partition coefficient (Wildman–Crippen LogP) is 3.71. The van der Waals surface area contributed by atoms with Gasteiger partial charge in [-0.15, -0.1) is 11.3 Å². The van der Waals surface area contributed by atoms with Gasteiger partial charge in [-0.3, -0.25) is 4.98 Å². The van der Waals surface area contributed by atoms with Gasteiger partial charge in [0.15, 0.2) is 0 Å². The van der Waals surface area contributed by atoms with Crippen LogP contribution in [0.1, 0.15) is 26.2 Å². The highest BCUT2D eigenvalue weighted by molar-refractivity contribution is 9.09. The molecule has 0 saturated heterocycles. The van der Waals surface area contributed by atoms with Crippen LogP contribution < -0.4 is 0 Å². The normalized spacial score (nSPS) is 8.55. The second kappa shape index (κ2) is 10.1. The lowest BCUT2D eigenvalue weighted by Gasteiger charge is -1.85. The lowest BCUT2D eigenvalue weighted by molar-refractivity contribution is 0.781. The van der Waals surface area contributed by atoms with Crippen LogP contribution in [0.4, 0.5) is 0 Å². The zero-order valence-electron chi connectivity index (χ0n) is 6.79. The molecular formula is C8H14BrNS. The Morgan fingerprint density at radius 2 is 2.27 bits per heavy atom. The number of thiazole rings is 1. The fourth-order valence-electron chi connectivity index (χ4n) is 0.520. The van der Waals surface area contributed by atoms with Gasteiger partial charge >= 0.3 is 0 Å². The molecule has 0 amide bonds. The zero-order valence-corrected chi connectivity index (χ0v) is 9.20. The molecule has 1 rings (SSSR count). The van der Waals surface area contributed by atoms with Crippen LogP contribution in [0.2, 0.25) is 0 Å². The lowest BCUT2D eigenvalue weighted by atomic mass is 10.3. The molecule has 0 aliphatic heterocycles. The molecule has 0 saturated carbocycles. The topological polar surface area (TPSA) is 12.9 Å². The van der Waals surface area contributed by atoms with Gasteiger partial charge in [0.1, 0.15) is 0 Å². The van der Waals surface area contributed by atoms with Crippen LogP contribution in [-0.2, 0) is 0 Å². The van der Waals surface area contributed by atoms with E-state index in [1.54, 1.807) is 23.0 Å². The first-order valence-electron chi connectivity index (χ1n) is 3.80. The van der Waals surface area contributed by atoms with Gasteiger partial charge in [0.2, 0.25) is 0 Å². The minimum Gasteiger partial charge on any atom is -0.253 e. The van der Waals surface area contributed by atoms with Crippen molar-refractivity contribution in [3.05, 3.63) is 17.1 Å². The van der Waals surface area contributed by atoms with E-state index in [0.717, 1.165) is 0 Å². The molecular weight excluding hydrogens is 222 g/mol. The molecule has 3 heteroatoms. The molecule has 1 aromatic rings. The fraction of sp³-hybridized carbons (Fsp3) is 0.625. The third-order valence-corrected chi connectivity index (χ3v) is 2.17. The van der Waals surface area contributed by atoms with Crippen molar-refractivity contribution >= 4 is 27.3 Å². The van der Waals surface area contributed by atoms with Gasteiger partial charge in [-0.1, -0.05) is 35.7 Å². The van der Waals surface area contributed by atoms with Crippen molar-refractivity contribution in [1.29, 1.82) is 0 Å². The van der Waals surface area contributed by atoms with Gasteiger partial charge in [-0.2, -0.15) is 0 Å². The van der Waals surface area contributed by atoms with Gasteiger partial charge in [0.25, 0.3) is 0 Å². The monoisotopic (exact) mass is 235 g/mol. The number of aromatic nitrogens is 1. The quantitative estimate of drug-likeness (QED) is 0.575. The van der Waals surface area contributed by atoms with Crippen LogP contribution in [0.15, 0.2) is 17.1 Å². The summed E-state index contributed by atoms with van der Waals surface area (Å²) in [7, 11) is 0. The Labute approximate surface area is 81.0 Å². The van der Waals surface area contributed by atoms with Crippen molar-refractivity contribution in [3.63, 3.8) is 0 Å².